The first-order chi connectivity index (χ1) is 9.20. The molecule has 0 aliphatic heterocycles. The van der Waals surface area contributed by atoms with Gasteiger partial charge in [-0.3, -0.25) is 0 Å². The Bertz CT molecular complexity index is 586. The third kappa shape index (κ3) is 3.25. The Hall–Kier alpha value is -2.50. The Labute approximate surface area is 111 Å². The van der Waals surface area contributed by atoms with Gasteiger partial charge in [0, 0.05) is 24.7 Å². The van der Waals surface area contributed by atoms with E-state index in [2.05, 4.69) is 15.6 Å². The molecule has 100 valence electrons. The van der Waals surface area contributed by atoms with Gasteiger partial charge in [-0.05, 0) is 23.6 Å². The number of pyridine rings is 1. The first-order valence-electron chi connectivity index (χ1n) is 5.90. The summed E-state index contributed by atoms with van der Waals surface area (Å²) in [5.41, 5.74) is 4.99. The van der Waals surface area contributed by atoms with Gasteiger partial charge in [0.1, 0.15) is 11.6 Å². The number of nitrogens with one attached hydrogen (secondary N) is 2. The van der Waals surface area contributed by atoms with Gasteiger partial charge >= 0.3 is 6.03 Å². The fraction of sp³-hybridized carbons (Fsp3) is 0.231. The number of hydrogen-bond donors (Lipinski definition) is 3. The number of rotatable bonds is 5. The zero-order chi connectivity index (χ0) is 13.7. The second-order valence-electron chi connectivity index (χ2n) is 3.96. The summed E-state index contributed by atoms with van der Waals surface area (Å²) in [5, 5.41) is 7.71. The van der Waals surface area contributed by atoms with E-state index in [0.29, 0.717) is 13.1 Å². The van der Waals surface area contributed by atoms with Crippen LogP contribution in [0.5, 0.6) is 5.75 Å². The van der Waals surface area contributed by atoms with E-state index < -0.39 is 6.03 Å². The summed E-state index contributed by atoms with van der Waals surface area (Å²) in [4.78, 5) is 14.8. The number of amides is 2. The lowest BCUT2D eigenvalue weighted by molar-refractivity contribution is 0.249. The van der Waals surface area contributed by atoms with Gasteiger partial charge in [-0.25, -0.2) is 9.78 Å². The standard InChI is InChI=1S/C13H16N4O2/c1-19-10-3-2-9-4-5-15-12(11(9)8-10)16-6-7-17-13(14)18/h2-5,8H,6-7H2,1H3,(H,15,16)(H3,14,17,18). The number of urea groups is 1. The van der Waals surface area contributed by atoms with Crippen molar-refractivity contribution >= 4 is 22.6 Å². The van der Waals surface area contributed by atoms with E-state index in [1.807, 2.05) is 24.3 Å². The average molecular weight is 260 g/mol. The molecule has 6 nitrogen and oxygen atoms in total. The van der Waals surface area contributed by atoms with Crippen LogP contribution in [0, 0.1) is 0 Å². The largest absolute Gasteiger partial charge is 0.497 e. The van der Waals surface area contributed by atoms with Crippen molar-refractivity contribution in [2.45, 2.75) is 0 Å². The summed E-state index contributed by atoms with van der Waals surface area (Å²) in [6.07, 6.45) is 1.73. The zero-order valence-electron chi connectivity index (χ0n) is 10.6. The summed E-state index contributed by atoms with van der Waals surface area (Å²) in [5.74, 6) is 1.53. The third-order valence-corrected chi connectivity index (χ3v) is 2.69. The molecule has 4 N–H and O–H groups in total. The predicted octanol–water partition coefficient (Wildman–Crippen LogP) is 1.32. The van der Waals surface area contributed by atoms with E-state index in [4.69, 9.17) is 10.5 Å². The highest BCUT2D eigenvalue weighted by Gasteiger charge is 2.03. The molecular weight excluding hydrogens is 244 g/mol. The molecule has 19 heavy (non-hydrogen) atoms. The van der Waals surface area contributed by atoms with E-state index in [-0.39, 0.29) is 0 Å². The molecule has 2 rings (SSSR count). The van der Waals surface area contributed by atoms with Crippen molar-refractivity contribution in [3.63, 3.8) is 0 Å². The minimum atomic E-state index is -0.533. The van der Waals surface area contributed by atoms with Gasteiger partial charge < -0.3 is 21.1 Å². The van der Waals surface area contributed by atoms with Crippen LogP contribution in [-0.2, 0) is 0 Å². The molecule has 2 aromatic rings. The highest BCUT2D eigenvalue weighted by atomic mass is 16.5. The Kier molecular flexibility index (Phi) is 4.02. The number of methoxy groups -OCH3 is 1. The minimum absolute atomic E-state index is 0.442. The van der Waals surface area contributed by atoms with Gasteiger partial charge in [0.15, 0.2) is 0 Å². The van der Waals surface area contributed by atoms with E-state index in [1.54, 1.807) is 13.3 Å². The summed E-state index contributed by atoms with van der Waals surface area (Å²) >= 11 is 0. The lowest BCUT2D eigenvalue weighted by Crippen LogP contribution is -2.33. The Morgan fingerprint density at radius 2 is 2.21 bits per heavy atom. The number of anilines is 1. The van der Waals surface area contributed by atoms with Gasteiger partial charge in [0.2, 0.25) is 0 Å². The number of hydrogen-bond acceptors (Lipinski definition) is 4. The quantitative estimate of drug-likeness (QED) is 0.707. The molecule has 0 saturated heterocycles. The van der Waals surface area contributed by atoms with Crippen LogP contribution in [0.25, 0.3) is 10.8 Å². The topological polar surface area (TPSA) is 89.3 Å². The molecule has 1 aromatic heterocycles. The Morgan fingerprint density at radius 1 is 1.37 bits per heavy atom. The molecule has 0 atom stereocenters. The highest BCUT2D eigenvalue weighted by Crippen LogP contribution is 2.25. The molecule has 1 heterocycles. The van der Waals surface area contributed by atoms with Gasteiger partial charge in [0.25, 0.3) is 0 Å². The number of carbonyl (C=O) groups is 1. The number of carbonyl (C=O) groups excluding carboxylic acids is 1. The number of fused-ring (bicyclic) bond motifs is 1. The number of aromatic nitrogens is 1. The van der Waals surface area contributed by atoms with E-state index in [1.165, 1.54) is 0 Å². The SMILES string of the molecule is COc1ccc2ccnc(NCCNC(N)=O)c2c1. The Balaban J connectivity index is 2.15. The van der Waals surface area contributed by atoms with Gasteiger partial charge in [-0.2, -0.15) is 0 Å². The molecule has 0 saturated carbocycles. The van der Waals surface area contributed by atoms with Crippen LogP contribution >= 0.6 is 0 Å². The van der Waals surface area contributed by atoms with Crippen LogP contribution in [0.2, 0.25) is 0 Å². The van der Waals surface area contributed by atoms with Gasteiger partial charge in [-0.1, -0.05) is 6.07 Å². The van der Waals surface area contributed by atoms with Crippen molar-refractivity contribution in [3.8, 4) is 5.75 Å². The lowest BCUT2D eigenvalue weighted by Gasteiger charge is -2.10. The number of benzene rings is 1. The van der Waals surface area contributed by atoms with Crippen LogP contribution in [0.3, 0.4) is 0 Å². The van der Waals surface area contributed by atoms with Crippen molar-refractivity contribution in [3.05, 3.63) is 30.5 Å². The maximum absolute atomic E-state index is 10.6. The molecule has 0 fully saturated rings. The molecule has 1 aromatic carbocycles. The van der Waals surface area contributed by atoms with Crippen LogP contribution in [0.4, 0.5) is 10.6 Å². The van der Waals surface area contributed by atoms with Gasteiger partial charge in [-0.15, -0.1) is 0 Å². The number of nitrogens with two attached hydrogens (primary N) is 1. The normalized spacial score (nSPS) is 10.2. The number of primary amides is 1. The molecule has 0 unspecified atom stereocenters. The van der Waals surface area contributed by atoms with Crippen molar-refractivity contribution < 1.29 is 9.53 Å². The van der Waals surface area contributed by atoms with Crippen molar-refractivity contribution in [2.24, 2.45) is 5.73 Å². The minimum Gasteiger partial charge on any atom is -0.497 e. The lowest BCUT2D eigenvalue weighted by atomic mass is 10.1. The molecule has 2 amide bonds. The first kappa shape index (κ1) is 12.9. The first-order valence-corrected chi connectivity index (χ1v) is 5.90. The molecule has 0 radical (unpaired) electrons. The maximum atomic E-state index is 10.6. The van der Waals surface area contributed by atoms with Crippen molar-refractivity contribution in [1.29, 1.82) is 0 Å². The van der Waals surface area contributed by atoms with E-state index in [9.17, 15) is 4.79 Å². The smallest absolute Gasteiger partial charge is 0.312 e. The second-order valence-corrected chi connectivity index (χ2v) is 3.96. The fourth-order valence-corrected chi connectivity index (χ4v) is 1.78. The van der Waals surface area contributed by atoms with E-state index in [0.717, 1.165) is 22.3 Å². The highest BCUT2D eigenvalue weighted by molar-refractivity contribution is 5.92. The molecule has 6 heteroatoms. The monoisotopic (exact) mass is 260 g/mol. The molecule has 0 spiro atoms. The summed E-state index contributed by atoms with van der Waals surface area (Å²) in [7, 11) is 1.63. The van der Waals surface area contributed by atoms with E-state index >= 15 is 0 Å². The molecular formula is C13H16N4O2. The van der Waals surface area contributed by atoms with Crippen molar-refractivity contribution in [2.75, 3.05) is 25.5 Å². The second kappa shape index (κ2) is 5.90. The summed E-state index contributed by atoms with van der Waals surface area (Å²) in [6.45, 7) is 0.990. The third-order valence-electron chi connectivity index (χ3n) is 2.69. The molecule has 0 bridgehead atoms. The number of nitrogens with zero attached hydrogens (tertiary/aromatic N) is 1. The zero-order valence-corrected chi connectivity index (χ0v) is 10.6. The maximum Gasteiger partial charge on any atom is 0.312 e. The number of ether oxygens (including phenoxy) is 1. The van der Waals surface area contributed by atoms with Crippen LogP contribution in [0.15, 0.2) is 30.5 Å². The average Bonchev–Trinajstić information content (AvgIpc) is 2.43. The van der Waals surface area contributed by atoms with Crippen LogP contribution in [0.1, 0.15) is 0 Å². The molecule has 0 aliphatic carbocycles. The van der Waals surface area contributed by atoms with Gasteiger partial charge in [0.05, 0.1) is 7.11 Å². The summed E-state index contributed by atoms with van der Waals surface area (Å²) < 4.78 is 5.21. The fourth-order valence-electron chi connectivity index (χ4n) is 1.78. The Morgan fingerprint density at radius 3 is 2.95 bits per heavy atom. The summed E-state index contributed by atoms with van der Waals surface area (Å²) in [6, 6.07) is 7.20. The van der Waals surface area contributed by atoms with Crippen LogP contribution in [-0.4, -0.2) is 31.2 Å². The molecule has 0 aliphatic rings. The van der Waals surface area contributed by atoms with Crippen LogP contribution < -0.4 is 21.1 Å². The predicted molar refractivity (Wildman–Crippen MR) is 74.4 cm³/mol. The van der Waals surface area contributed by atoms with Crippen molar-refractivity contribution in [1.82, 2.24) is 10.3 Å².